The molecule has 0 radical (unpaired) electrons. The topological polar surface area (TPSA) is 9.86 Å². The third kappa shape index (κ3) is 5.49. The van der Waals surface area contributed by atoms with Gasteiger partial charge in [0.2, 0.25) is 0 Å². The molecule has 0 bridgehead atoms. The van der Waals surface area contributed by atoms with Crippen LogP contribution in [0, 0.1) is 0 Å². The molecule has 2 heterocycles. The second kappa shape index (κ2) is 14.4. The Morgan fingerprint density at radius 1 is 0.212 bits per heavy atom. The summed E-state index contributed by atoms with van der Waals surface area (Å²) >= 11 is 0. The fourth-order valence-corrected chi connectivity index (χ4v) is 11.1. The Kier molecular flexibility index (Phi) is 8.02. The standard InChI is InChI=1S/C64H40N2/c1-2-16-45-38-46(33-28-41(45)14-1)64-56-37-35-47(65-59-24-9-5-19-51(59)52-20-6-10-25-60(52)65)39-57(56)63(44-31-29-43(30-32-44)50-23-13-17-42-15-3-4-18-49(42)50)55-36-34-48(40-58(55)64)66-61-26-11-7-21-53(61)54-22-8-12-27-62(54)66/h1-40H. The van der Waals surface area contributed by atoms with Gasteiger partial charge < -0.3 is 9.13 Å². The fraction of sp³-hybridized carbons (Fsp3) is 0. The zero-order chi connectivity index (χ0) is 43.3. The molecule has 0 aliphatic rings. The highest BCUT2D eigenvalue weighted by Crippen LogP contribution is 2.47. The Labute approximate surface area is 381 Å². The van der Waals surface area contributed by atoms with Crippen molar-refractivity contribution >= 4 is 86.7 Å². The van der Waals surface area contributed by atoms with Gasteiger partial charge in [-0.3, -0.25) is 0 Å². The molecular formula is C64H40N2. The van der Waals surface area contributed by atoms with E-state index in [-0.39, 0.29) is 0 Å². The highest BCUT2D eigenvalue weighted by molar-refractivity contribution is 6.23. The van der Waals surface area contributed by atoms with Gasteiger partial charge in [0.25, 0.3) is 0 Å². The van der Waals surface area contributed by atoms with Gasteiger partial charge >= 0.3 is 0 Å². The number of benzene rings is 12. The number of hydrogen-bond acceptors (Lipinski definition) is 0. The predicted octanol–water partition coefficient (Wildman–Crippen LogP) is 17.5. The van der Waals surface area contributed by atoms with Crippen molar-refractivity contribution in [3.63, 3.8) is 0 Å². The van der Waals surface area contributed by atoms with Crippen LogP contribution in [0.1, 0.15) is 0 Å². The van der Waals surface area contributed by atoms with Gasteiger partial charge in [-0.1, -0.05) is 188 Å². The van der Waals surface area contributed by atoms with E-state index in [1.807, 2.05) is 0 Å². The van der Waals surface area contributed by atoms with Crippen molar-refractivity contribution in [2.24, 2.45) is 0 Å². The summed E-state index contributed by atoms with van der Waals surface area (Å²) in [5.41, 5.74) is 14.4. The molecule has 2 nitrogen and oxygen atoms in total. The molecule has 0 aliphatic carbocycles. The van der Waals surface area contributed by atoms with E-state index in [9.17, 15) is 0 Å². The number of fused-ring (bicyclic) bond motifs is 10. The molecule has 0 spiro atoms. The van der Waals surface area contributed by atoms with Crippen LogP contribution in [0.25, 0.3) is 131 Å². The molecule has 0 unspecified atom stereocenters. The first-order valence-corrected chi connectivity index (χ1v) is 22.8. The minimum absolute atomic E-state index is 1.14. The third-order valence-corrected chi connectivity index (χ3v) is 14.1. The Balaban J connectivity index is 1.10. The van der Waals surface area contributed by atoms with Crippen molar-refractivity contribution in [2.45, 2.75) is 0 Å². The summed E-state index contributed by atoms with van der Waals surface area (Å²) in [7, 11) is 0. The van der Waals surface area contributed by atoms with Crippen molar-refractivity contribution in [3.05, 3.63) is 243 Å². The average molecular weight is 837 g/mol. The quantitative estimate of drug-likeness (QED) is 0.153. The Morgan fingerprint density at radius 3 is 1.17 bits per heavy atom. The molecule has 0 N–H and O–H groups in total. The van der Waals surface area contributed by atoms with E-state index < -0.39 is 0 Å². The van der Waals surface area contributed by atoms with Crippen LogP contribution < -0.4 is 0 Å². The van der Waals surface area contributed by atoms with E-state index in [1.54, 1.807) is 0 Å². The van der Waals surface area contributed by atoms with Crippen molar-refractivity contribution in [3.8, 4) is 44.8 Å². The Morgan fingerprint density at radius 2 is 0.621 bits per heavy atom. The largest absolute Gasteiger partial charge is 0.309 e. The highest BCUT2D eigenvalue weighted by atomic mass is 15.0. The Hall–Kier alpha value is -8.72. The van der Waals surface area contributed by atoms with E-state index in [4.69, 9.17) is 0 Å². The van der Waals surface area contributed by atoms with Crippen molar-refractivity contribution < 1.29 is 0 Å². The molecule has 306 valence electrons. The summed E-state index contributed by atoms with van der Waals surface area (Å²) in [4.78, 5) is 0. The van der Waals surface area contributed by atoms with Gasteiger partial charge in [0.15, 0.2) is 0 Å². The van der Waals surface area contributed by atoms with Gasteiger partial charge in [-0.15, -0.1) is 0 Å². The molecule has 0 fully saturated rings. The summed E-state index contributed by atoms with van der Waals surface area (Å²) in [6, 6.07) is 89.9. The first kappa shape index (κ1) is 36.7. The molecule has 12 aromatic carbocycles. The molecule has 0 amide bonds. The van der Waals surface area contributed by atoms with Gasteiger partial charge in [-0.2, -0.15) is 0 Å². The van der Waals surface area contributed by atoms with E-state index in [2.05, 4.69) is 252 Å². The number of hydrogen-bond donors (Lipinski definition) is 0. The lowest BCUT2D eigenvalue weighted by Gasteiger charge is -2.21. The molecule has 2 aromatic heterocycles. The van der Waals surface area contributed by atoms with E-state index in [0.29, 0.717) is 0 Å². The Bertz CT molecular complexity index is 4170. The van der Waals surface area contributed by atoms with Gasteiger partial charge in [0.1, 0.15) is 0 Å². The molecule has 0 saturated heterocycles. The van der Waals surface area contributed by atoms with E-state index >= 15 is 0 Å². The maximum absolute atomic E-state index is 2.45. The molecule has 0 saturated carbocycles. The van der Waals surface area contributed by atoms with Crippen LogP contribution in [0.15, 0.2) is 243 Å². The molecular weight excluding hydrogens is 797 g/mol. The monoisotopic (exact) mass is 836 g/mol. The summed E-state index contributed by atoms with van der Waals surface area (Å²) in [5, 5.41) is 14.9. The smallest absolute Gasteiger partial charge is 0.0541 e. The minimum atomic E-state index is 1.14. The zero-order valence-corrected chi connectivity index (χ0v) is 36.0. The second-order valence-corrected chi connectivity index (χ2v) is 17.6. The lowest BCUT2D eigenvalue weighted by Crippen LogP contribution is -1.98. The number of aromatic nitrogens is 2. The molecule has 0 aliphatic heterocycles. The van der Waals surface area contributed by atoms with Gasteiger partial charge in [0, 0.05) is 32.9 Å². The van der Waals surface area contributed by atoms with Crippen molar-refractivity contribution in [2.75, 3.05) is 0 Å². The normalized spacial score (nSPS) is 11.9. The number of rotatable bonds is 5. The van der Waals surface area contributed by atoms with Crippen LogP contribution in [0.2, 0.25) is 0 Å². The van der Waals surface area contributed by atoms with Crippen LogP contribution >= 0.6 is 0 Å². The number of para-hydroxylation sites is 4. The first-order chi connectivity index (χ1) is 32.7. The molecule has 14 aromatic rings. The van der Waals surface area contributed by atoms with Gasteiger partial charge in [-0.25, -0.2) is 0 Å². The third-order valence-electron chi connectivity index (χ3n) is 14.1. The summed E-state index contributed by atoms with van der Waals surface area (Å²) in [6.45, 7) is 0. The molecule has 14 rings (SSSR count). The van der Waals surface area contributed by atoms with Crippen LogP contribution in [0.4, 0.5) is 0 Å². The summed E-state index contributed by atoms with van der Waals surface area (Å²) in [5.74, 6) is 0. The first-order valence-electron chi connectivity index (χ1n) is 22.8. The number of nitrogens with zero attached hydrogens (tertiary/aromatic N) is 2. The van der Waals surface area contributed by atoms with Gasteiger partial charge in [0.05, 0.1) is 22.1 Å². The maximum Gasteiger partial charge on any atom is 0.0541 e. The lowest BCUT2D eigenvalue weighted by atomic mass is 9.84. The molecule has 0 atom stereocenters. The molecule has 2 heteroatoms. The highest BCUT2D eigenvalue weighted by Gasteiger charge is 2.22. The molecule has 66 heavy (non-hydrogen) atoms. The van der Waals surface area contributed by atoms with E-state index in [0.717, 1.165) is 11.4 Å². The van der Waals surface area contributed by atoms with Crippen LogP contribution in [-0.2, 0) is 0 Å². The predicted molar refractivity (Wildman–Crippen MR) is 281 cm³/mol. The average Bonchev–Trinajstić information content (AvgIpc) is 3.90. The van der Waals surface area contributed by atoms with Gasteiger partial charge in [-0.05, 0) is 131 Å². The SMILES string of the molecule is c1ccc2cc(-c3c4ccc(-n5c6ccccc6c6ccccc65)cc4c(-c4ccc(-c5cccc6ccccc56)cc4)c4ccc(-n5c6ccccc6c6ccccc65)cc34)ccc2c1. The van der Waals surface area contributed by atoms with Crippen LogP contribution in [-0.4, -0.2) is 9.13 Å². The fourth-order valence-electron chi connectivity index (χ4n) is 11.1. The maximum atomic E-state index is 2.45. The second-order valence-electron chi connectivity index (χ2n) is 17.6. The van der Waals surface area contributed by atoms with Crippen molar-refractivity contribution in [1.29, 1.82) is 0 Å². The summed E-state index contributed by atoms with van der Waals surface area (Å²) in [6.07, 6.45) is 0. The van der Waals surface area contributed by atoms with E-state index in [1.165, 1.54) is 120 Å². The minimum Gasteiger partial charge on any atom is -0.309 e. The van der Waals surface area contributed by atoms with Crippen molar-refractivity contribution in [1.82, 2.24) is 9.13 Å². The summed E-state index contributed by atoms with van der Waals surface area (Å²) < 4.78 is 4.89. The van der Waals surface area contributed by atoms with Crippen LogP contribution in [0.3, 0.4) is 0 Å². The lowest BCUT2D eigenvalue weighted by molar-refractivity contribution is 1.18. The van der Waals surface area contributed by atoms with Crippen LogP contribution in [0.5, 0.6) is 0 Å². The zero-order valence-electron chi connectivity index (χ0n) is 36.0.